The van der Waals surface area contributed by atoms with Crippen LogP contribution in [0.1, 0.15) is 11.3 Å². The lowest BCUT2D eigenvalue weighted by atomic mass is 10.1. The number of fused-ring (bicyclic) bond motifs is 3. The van der Waals surface area contributed by atoms with Gasteiger partial charge in [-0.05, 0) is 25.5 Å². The van der Waals surface area contributed by atoms with Crippen molar-refractivity contribution in [3.63, 3.8) is 0 Å². The smallest absolute Gasteiger partial charge is 0.228 e. The molecule has 0 aliphatic rings. The third kappa shape index (κ3) is 1.77. The van der Waals surface area contributed by atoms with Crippen LogP contribution in [0.4, 0.5) is 0 Å². The number of imidazole rings is 1. The van der Waals surface area contributed by atoms with E-state index in [0.29, 0.717) is 11.0 Å². The molecular formula is C13H14N4O2S. The Kier molecular flexibility index (Phi) is 2.59. The first-order valence-corrected chi connectivity index (χ1v) is 7.97. The highest BCUT2D eigenvalue weighted by atomic mass is 32.2. The molecule has 0 unspecified atom stereocenters. The molecule has 0 spiro atoms. The van der Waals surface area contributed by atoms with E-state index in [-0.39, 0.29) is 5.16 Å². The Morgan fingerprint density at radius 3 is 2.50 bits per heavy atom. The zero-order chi connectivity index (χ0) is 14.7. The summed E-state index contributed by atoms with van der Waals surface area (Å²) in [4.78, 5) is 13.1. The zero-order valence-corrected chi connectivity index (χ0v) is 12.5. The van der Waals surface area contributed by atoms with Gasteiger partial charge in [-0.2, -0.15) is 0 Å². The summed E-state index contributed by atoms with van der Waals surface area (Å²) in [6.45, 7) is 3.78. The van der Waals surface area contributed by atoms with Gasteiger partial charge in [0, 0.05) is 19.5 Å². The van der Waals surface area contributed by atoms with Crippen molar-refractivity contribution in [2.75, 3.05) is 6.26 Å². The second kappa shape index (κ2) is 3.99. The molecule has 0 saturated carbocycles. The monoisotopic (exact) mass is 290 g/mol. The summed E-state index contributed by atoms with van der Waals surface area (Å²) >= 11 is 0. The van der Waals surface area contributed by atoms with Crippen LogP contribution in [0, 0.1) is 13.8 Å². The number of benzene rings is 1. The molecule has 2 aromatic heterocycles. The molecule has 2 heterocycles. The molecule has 0 amide bonds. The Hall–Kier alpha value is -2.02. The maximum absolute atomic E-state index is 11.8. The first-order valence-electron chi connectivity index (χ1n) is 6.08. The van der Waals surface area contributed by atoms with Gasteiger partial charge in [-0.25, -0.2) is 18.4 Å². The maximum atomic E-state index is 11.8. The zero-order valence-electron chi connectivity index (χ0n) is 11.7. The molecule has 104 valence electrons. The number of aryl methyl sites for hydroxylation is 3. The minimum absolute atomic E-state index is 0.0467. The van der Waals surface area contributed by atoms with E-state index in [4.69, 9.17) is 0 Å². The Balaban J connectivity index is 2.57. The number of nitrogens with zero attached hydrogens (tertiary/aromatic N) is 4. The number of aromatic nitrogens is 4. The van der Waals surface area contributed by atoms with Crippen molar-refractivity contribution in [1.82, 2.24) is 19.5 Å². The predicted molar refractivity (Wildman–Crippen MR) is 76.4 cm³/mol. The van der Waals surface area contributed by atoms with Gasteiger partial charge in [0.05, 0.1) is 16.7 Å². The first kappa shape index (κ1) is 13.0. The number of hydrogen-bond donors (Lipinski definition) is 0. The average Bonchev–Trinajstić information content (AvgIpc) is 2.67. The summed E-state index contributed by atoms with van der Waals surface area (Å²) in [6, 6.07) is 1.91. The first-order chi connectivity index (χ1) is 9.29. The molecule has 0 bridgehead atoms. The molecule has 0 N–H and O–H groups in total. The molecule has 0 fully saturated rings. The molecule has 0 atom stereocenters. The van der Waals surface area contributed by atoms with Crippen molar-refractivity contribution in [2.24, 2.45) is 7.05 Å². The fraction of sp³-hybridized carbons (Fsp3) is 0.308. The highest BCUT2D eigenvalue weighted by molar-refractivity contribution is 7.90. The lowest BCUT2D eigenvalue weighted by Crippen LogP contribution is -2.05. The van der Waals surface area contributed by atoms with Crippen LogP contribution in [0.15, 0.2) is 17.4 Å². The molecule has 0 aliphatic heterocycles. The fourth-order valence-electron chi connectivity index (χ4n) is 2.48. The molecular weight excluding hydrogens is 276 g/mol. The standard InChI is InChI=1S/C13H14N4O2S/c1-7-5-9-10(14-6-8(2)15-9)11-12(7)17(3)13(16-11)20(4,18)19/h5-6H,1-4H3. The maximum Gasteiger partial charge on any atom is 0.228 e. The van der Waals surface area contributed by atoms with Crippen LogP contribution in [0.2, 0.25) is 0 Å². The summed E-state index contributed by atoms with van der Waals surface area (Å²) < 4.78 is 25.2. The molecule has 7 heteroatoms. The minimum Gasteiger partial charge on any atom is -0.318 e. The summed E-state index contributed by atoms with van der Waals surface area (Å²) in [6.07, 6.45) is 2.81. The number of hydrogen-bond acceptors (Lipinski definition) is 5. The lowest BCUT2D eigenvalue weighted by Gasteiger charge is -2.04. The summed E-state index contributed by atoms with van der Waals surface area (Å²) in [5, 5.41) is 0.0467. The Morgan fingerprint density at radius 2 is 1.85 bits per heavy atom. The largest absolute Gasteiger partial charge is 0.318 e. The van der Waals surface area contributed by atoms with Gasteiger partial charge in [0.1, 0.15) is 11.0 Å². The van der Waals surface area contributed by atoms with E-state index >= 15 is 0 Å². The third-order valence-corrected chi connectivity index (χ3v) is 4.29. The van der Waals surface area contributed by atoms with E-state index < -0.39 is 9.84 Å². The van der Waals surface area contributed by atoms with E-state index in [9.17, 15) is 8.42 Å². The van der Waals surface area contributed by atoms with Crippen LogP contribution >= 0.6 is 0 Å². The summed E-state index contributed by atoms with van der Waals surface area (Å²) in [5.74, 6) is 0. The topological polar surface area (TPSA) is 77.7 Å². The van der Waals surface area contributed by atoms with E-state index in [0.717, 1.165) is 28.5 Å². The lowest BCUT2D eigenvalue weighted by molar-refractivity contribution is 0.587. The van der Waals surface area contributed by atoms with Gasteiger partial charge in [-0.3, -0.25) is 4.98 Å². The van der Waals surface area contributed by atoms with Crippen LogP contribution in [-0.2, 0) is 16.9 Å². The predicted octanol–water partition coefficient (Wildman–Crippen LogP) is 1.54. The third-order valence-electron chi connectivity index (χ3n) is 3.26. The van der Waals surface area contributed by atoms with Gasteiger partial charge in [-0.15, -0.1) is 0 Å². The molecule has 0 radical (unpaired) electrons. The van der Waals surface area contributed by atoms with Gasteiger partial charge in [0.25, 0.3) is 0 Å². The van der Waals surface area contributed by atoms with Crippen molar-refractivity contribution in [1.29, 1.82) is 0 Å². The second-order valence-corrected chi connectivity index (χ2v) is 6.90. The highest BCUT2D eigenvalue weighted by Crippen LogP contribution is 2.27. The van der Waals surface area contributed by atoms with Gasteiger partial charge >= 0.3 is 0 Å². The Labute approximate surface area is 116 Å². The van der Waals surface area contributed by atoms with E-state index in [1.807, 2.05) is 19.9 Å². The van der Waals surface area contributed by atoms with Crippen LogP contribution in [0.5, 0.6) is 0 Å². The highest BCUT2D eigenvalue weighted by Gasteiger charge is 2.20. The summed E-state index contributed by atoms with van der Waals surface area (Å²) in [7, 11) is -1.68. The number of sulfone groups is 1. The van der Waals surface area contributed by atoms with Gasteiger partial charge < -0.3 is 4.57 Å². The SMILES string of the molecule is Cc1cnc2c(cc(C)c3c2nc(S(C)(=O)=O)n3C)n1. The van der Waals surface area contributed by atoms with Crippen LogP contribution in [-0.4, -0.2) is 34.2 Å². The van der Waals surface area contributed by atoms with Gasteiger partial charge in [-0.1, -0.05) is 0 Å². The van der Waals surface area contributed by atoms with E-state index in [2.05, 4.69) is 15.0 Å². The molecule has 0 aliphatic carbocycles. The molecule has 1 aromatic carbocycles. The van der Waals surface area contributed by atoms with E-state index in [1.54, 1.807) is 17.8 Å². The molecule has 3 rings (SSSR count). The minimum atomic E-state index is -3.39. The van der Waals surface area contributed by atoms with Crippen molar-refractivity contribution in [3.8, 4) is 0 Å². The van der Waals surface area contributed by atoms with Crippen LogP contribution in [0.3, 0.4) is 0 Å². The van der Waals surface area contributed by atoms with Crippen LogP contribution < -0.4 is 0 Å². The molecule has 0 saturated heterocycles. The van der Waals surface area contributed by atoms with E-state index in [1.165, 1.54) is 0 Å². The van der Waals surface area contributed by atoms with Crippen molar-refractivity contribution in [3.05, 3.63) is 23.5 Å². The van der Waals surface area contributed by atoms with Crippen molar-refractivity contribution < 1.29 is 8.42 Å². The fourth-order valence-corrected chi connectivity index (χ4v) is 3.32. The van der Waals surface area contributed by atoms with Gasteiger partial charge in [0.2, 0.25) is 15.0 Å². The second-order valence-electron chi connectivity index (χ2n) is 5.00. The average molecular weight is 290 g/mol. The molecule has 20 heavy (non-hydrogen) atoms. The Bertz CT molecular complexity index is 958. The molecule has 6 nitrogen and oxygen atoms in total. The van der Waals surface area contributed by atoms with Gasteiger partial charge in [0.15, 0.2) is 0 Å². The molecule has 3 aromatic rings. The normalized spacial score (nSPS) is 12.4. The van der Waals surface area contributed by atoms with Crippen molar-refractivity contribution in [2.45, 2.75) is 19.0 Å². The number of rotatable bonds is 1. The Morgan fingerprint density at radius 1 is 1.15 bits per heavy atom. The summed E-state index contributed by atoms with van der Waals surface area (Å²) in [5.41, 5.74) is 4.45. The quantitative estimate of drug-likeness (QED) is 0.679. The van der Waals surface area contributed by atoms with Crippen LogP contribution in [0.25, 0.3) is 22.1 Å². The van der Waals surface area contributed by atoms with Crippen molar-refractivity contribution >= 4 is 31.9 Å².